The molecule has 29 heavy (non-hydrogen) atoms. The summed E-state index contributed by atoms with van der Waals surface area (Å²) in [4.78, 5) is 24.4. The van der Waals surface area contributed by atoms with Crippen LogP contribution in [0.4, 0.5) is 13.2 Å². The quantitative estimate of drug-likeness (QED) is 0.499. The van der Waals surface area contributed by atoms with Gasteiger partial charge in [0.2, 0.25) is 0 Å². The fourth-order valence-electron chi connectivity index (χ4n) is 3.03. The molecule has 0 saturated heterocycles. The Balaban J connectivity index is 2.16. The van der Waals surface area contributed by atoms with Crippen molar-refractivity contribution < 1.29 is 32.6 Å². The lowest BCUT2D eigenvalue weighted by Gasteiger charge is -2.07. The van der Waals surface area contributed by atoms with Crippen LogP contribution in [-0.2, 0) is 11.2 Å². The van der Waals surface area contributed by atoms with Crippen LogP contribution in [-0.4, -0.2) is 34.2 Å². The molecule has 0 spiro atoms. The zero-order chi connectivity index (χ0) is 21.5. The number of fused-ring (bicyclic) bond motifs is 1. The van der Waals surface area contributed by atoms with Gasteiger partial charge in [-0.15, -0.1) is 11.3 Å². The van der Waals surface area contributed by atoms with Crippen molar-refractivity contribution in [3.8, 4) is 5.75 Å². The zero-order valence-electron chi connectivity index (χ0n) is 15.0. The highest BCUT2D eigenvalue weighted by Crippen LogP contribution is 2.41. The minimum atomic E-state index is -4.46. The van der Waals surface area contributed by atoms with Gasteiger partial charge in [0.1, 0.15) is 5.75 Å². The van der Waals surface area contributed by atoms with E-state index in [2.05, 4.69) is 0 Å². The van der Waals surface area contributed by atoms with E-state index in [1.807, 2.05) is 0 Å². The van der Waals surface area contributed by atoms with Crippen molar-refractivity contribution >= 4 is 57.5 Å². The number of thioether (sulfide) groups is 1. The molecule has 1 aromatic carbocycles. The van der Waals surface area contributed by atoms with Crippen molar-refractivity contribution in [3.63, 3.8) is 0 Å². The third kappa shape index (κ3) is 4.24. The Bertz CT molecular complexity index is 1120. The molecule has 5 nitrogen and oxygen atoms in total. The van der Waals surface area contributed by atoms with E-state index in [0.717, 1.165) is 11.3 Å². The number of rotatable bonds is 5. The SMILES string of the molecule is COc1ccc2c(c1Cl)c(CC(=O)O)c(C)n2C(=O)c1csc(SC(F)(F)F)c1. The molecule has 0 fully saturated rings. The number of alkyl halides is 3. The second kappa shape index (κ2) is 7.92. The summed E-state index contributed by atoms with van der Waals surface area (Å²) in [6.45, 7) is 1.57. The summed E-state index contributed by atoms with van der Waals surface area (Å²) in [5.41, 5.74) is -3.36. The van der Waals surface area contributed by atoms with E-state index >= 15 is 0 Å². The first-order valence-electron chi connectivity index (χ1n) is 8.00. The molecular formula is C18H13ClF3NO4S2. The van der Waals surface area contributed by atoms with E-state index in [1.165, 1.54) is 29.2 Å². The Labute approximate surface area is 176 Å². The third-order valence-electron chi connectivity index (χ3n) is 4.19. The number of carboxylic acid groups (broad SMARTS) is 1. The van der Waals surface area contributed by atoms with Crippen LogP contribution >= 0.6 is 34.7 Å². The van der Waals surface area contributed by atoms with Crippen LogP contribution in [0.25, 0.3) is 10.9 Å². The van der Waals surface area contributed by atoms with Gasteiger partial charge in [0.05, 0.1) is 33.8 Å². The lowest BCUT2D eigenvalue weighted by atomic mass is 10.1. The number of thiophene rings is 1. The average Bonchev–Trinajstić information content (AvgIpc) is 3.16. The number of benzene rings is 1. The van der Waals surface area contributed by atoms with Gasteiger partial charge < -0.3 is 9.84 Å². The summed E-state index contributed by atoms with van der Waals surface area (Å²) in [5.74, 6) is -1.37. The van der Waals surface area contributed by atoms with Crippen molar-refractivity contribution in [3.05, 3.63) is 45.4 Å². The minimum Gasteiger partial charge on any atom is -0.495 e. The number of carbonyl (C=O) groups is 2. The first-order chi connectivity index (χ1) is 13.5. The van der Waals surface area contributed by atoms with Crippen molar-refractivity contribution in [2.24, 2.45) is 0 Å². The summed E-state index contributed by atoms with van der Waals surface area (Å²) in [7, 11) is 1.41. The monoisotopic (exact) mass is 463 g/mol. The standard InChI is InChI=1S/C18H13ClF3NO4S2/c1-8-10(6-13(24)25)15-11(3-4-12(27-2)16(15)19)23(8)17(26)9-5-14(28-7-9)29-18(20,21)22/h3-5,7H,6H2,1-2H3,(H,24,25). The third-order valence-corrected chi connectivity index (χ3v) is 6.38. The molecule has 3 aromatic rings. The second-order valence-electron chi connectivity index (χ2n) is 5.95. The molecule has 2 heterocycles. The number of carbonyl (C=O) groups excluding carboxylic acids is 1. The summed E-state index contributed by atoms with van der Waals surface area (Å²) < 4.78 is 44.1. The lowest BCUT2D eigenvalue weighted by Crippen LogP contribution is -2.13. The number of hydrogen-bond acceptors (Lipinski definition) is 5. The van der Waals surface area contributed by atoms with Gasteiger partial charge in [-0.1, -0.05) is 11.6 Å². The summed E-state index contributed by atoms with van der Waals surface area (Å²) in [6, 6.07) is 4.27. The maximum atomic E-state index is 13.1. The summed E-state index contributed by atoms with van der Waals surface area (Å²) in [6.07, 6.45) is -0.381. The van der Waals surface area contributed by atoms with Gasteiger partial charge >= 0.3 is 11.5 Å². The highest BCUT2D eigenvalue weighted by Gasteiger charge is 2.31. The van der Waals surface area contributed by atoms with Crippen LogP contribution in [0.15, 0.2) is 27.8 Å². The summed E-state index contributed by atoms with van der Waals surface area (Å²) in [5, 5.41) is 11.1. The molecule has 0 amide bonds. The molecule has 0 bridgehead atoms. The van der Waals surface area contributed by atoms with E-state index in [1.54, 1.807) is 13.0 Å². The Kier molecular flexibility index (Phi) is 5.88. The van der Waals surface area contributed by atoms with E-state index in [4.69, 9.17) is 16.3 Å². The van der Waals surface area contributed by atoms with Gasteiger partial charge in [-0.05, 0) is 42.4 Å². The maximum Gasteiger partial charge on any atom is 0.447 e. The van der Waals surface area contributed by atoms with Crippen molar-refractivity contribution in [1.82, 2.24) is 4.57 Å². The van der Waals surface area contributed by atoms with Crippen LogP contribution in [0.1, 0.15) is 21.6 Å². The molecule has 2 aromatic heterocycles. The first kappa shape index (κ1) is 21.5. The number of nitrogens with zero attached hydrogens (tertiary/aromatic N) is 1. The number of hydrogen-bond donors (Lipinski definition) is 1. The molecule has 0 aliphatic heterocycles. The van der Waals surface area contributed by atoms with Crippen LogP contribution in [0.3, 0.4) is 0 Å². The Morgan fingerprint density at radius 1 is 1.34 bits per heavy atom. The van der Waals surface area contributed by atoms with Crippen LogP contribution in [0.2, 0.25) is 5.02 Å². The van der Waals surface area contributed by atoms with Crippen LogP contribution in [0, 0.1) is 6.92 Å². The van der Waals surface area contributed by atoms with E-state index in [0.29, 0.717) is 27.9 Å². The number of carboxylic acids is 1. The van der Waals surface area contributed by atoms with Gasteiger partial charge in [-0.2, -0.15) is 13.2 Å². The normalized spacial score (nSPS) is 11.8. The molecule has 3 rings (SSSR count). The van der Waals surface area contributed by atoms with E-state index in [9.17, 15) is 27.9 Å². The van der Waals surface area contributed by atoms with Gasteiger partial charge in [-0.3, -0.25) is 14.2 Å². The molecule has 0 radical (unpaired) electrons. The molecule has 11 heteroatoms. The average molecular weight is 464 g/mol. The van der Waals surface area contributed by atoms with Crippen molar-refractivity contribution in [1.29, 1.82) is 0 Å². The Morgan fingerprint density at radius 2 is 2.03 bits per heavy atom. The molecule has 0 saturated carbocycles. The molecular weight excluding hydrogens is 451 g/mol. The highest BCUT2D eigenvalue weighted by atomic mass is 35.5. The van der Waals surface area contributed by atoms with Gasteiger partial charge in [-0.25, -0.2) is 0 Å². The van der Waals surface area contributed by atoms with Gasteiger partial charge in [0, 0.05) is 16.5 Å². The number of halogens is 4. The first-order valence-corrected chi connectivity index (χ1v) is 10.1. The summed E-state index contributed by atoms with van der Waals surface area (Å²) >= 11 is 6.88. The fraction of sp³-hybridized carbons (Fsp3) is 0.222. The molecule has 1 N–H and O–H groups in total. The van der Waals surface area contributed by atoms with E-state index < -0.39 is 17.4 Å². The largest absolute Gasteiger partial charge is 0.495 e. The van der Waals surface area contributed by atoms with Crippen molar-refractivity contribution in [2.75, 3.05) is 7.11 Å². The molecule has 0 aliphatic rings. The number of methoxy groups -OCH3 is 1. The molecule has 154 valence electrons. The smallest absolute Gasteiger partial charge is 0.447 e. The predicted molar refractivity (Wildman–Crippen MR) is 106 cm³/mol. The molecule has 0 atom stereocenters. The van der Waals surface area contributed by atoms with Crippen molar-refractivity contribution in [2.45, 2.75) is 23.1 Å². The van der Waals surface area contributed by atoms with Gasteiger partial charge in [0.25, 0.3) is 5.91 Å². The fourth-order valence-corrected chi connectivity index (χ4v) is 5.02. The Hall–Kier alpha value is -2.17. The van der Waals surface area contributed by atoms with Crippen LogP contribution < -0.4 is 4.74 Å². The predicted octanol–water partition coefficient (Wildman–Crippen LogP) is 5.60. The number of aliphatic carboxylic acids is 1. The maximum absolute atomic E-state index is 13.1. The zero-order valence-corrected chi connectivity index (χ0v) is 17.4. The minimum absolute atomic E-state index is 0.0653. The van der Waals surface area contributed by atoms with Gasteiger partial charge in [0.15, 0.2) is 0 Å². The lowest BCUT2D eigenvalue weighted by molar-refractivity contribution is -0.136. The topological polar surface area (TPSA) is 68.5 Å². The number of ether oxygens (including phenoxy) is 1. The number of aromatic nitrogens is 1. The Morgan fingerprint density at radius 3 is 2.62 bits per heavy atom. The molecule has 0 unspecified atom stereocenters. The second-order valence-corrected chi connectivity index (χ2v) is 8.61. The highest BCUT2D eigenvalue weighted by molar-refractivity contribution is 8.01. The molecule has 0 aliphatic carbocycles. The van der Waals surface area contributed by atoms with E-state index in [-0.39, 0.29) is 33.0 Å². The van der Waals surface area contributed by atoms with Crippen LogP contribution in [0.5, 0.6) is 5.75 Å².